The Hall–Kier alpha value is -2.45. The van der Waals surface area contributed by atoms with Crippen molar-refractivity contribution in [1.82, 2.24) is 0 Å². The van der Waals surface area contributed by atoms with E-state index >= 15 is 0 Å². The van der Waals surface area contributed by atoms with E-state index in [1.165, 1.54) is 18.2 Å². The van der Waals surface area contributed by atoms with Gasteiger partial charge in [-0.15, -0.1) is 0 Å². The van der Waals surface area contributed by atoms with Gasteiger partial charge in [-0.2, -0.15) is 0 Å². The highest BCUT2D eigenvalue weighted by Crippen LogP contribution is 2.19. The Morgan fingerprint density at radius 2 is 1.76 bits per heavy atom. The number of halogens is 3. The third-order valence-corrected chi connectivity index (χ3v) is 2.65. The van der Waals surface area contributed by atoms with Crippen LogP contribution < -0.4 is 10.5 Å². The van der Waals surface area contributed by atoms with Gasteiger partial charge in [0.25, 0.3) is 0 Å². The maximum Gasteiger partial charge on any atom is 0.132 e. The molecule has 0 heterocycles. The number of rotatable bonds is 3. The second kappa shape index (κ2) is 6.82. The van der Waals surface area contributed by atoms with Gasteiger partial charge in [-0.1, -0.05) is 17.9 Å². The molecule has 108 valence electrons. The number of ether oxygens (including phenoxy) is 1. The van der Waals surface area contributed by atoms with Gasteiger partial charge in [-0.05, 0) is 24.3 Å². The lowest BCUT2D eigenvalue weighted by Crippen LogP contribution is -2.02. The quantitative estimate of drug-likeness (QED) is 0.882. The van der Waals surface area contributed by atoms with Gasteiger partial charge in [0.05, 0.1) is 12.1 Å². The molecule has 0 spiro atoms. The fraction of sp³-hybridized carbons (Fsp3) is 0.125. The van der Waals surface area contributed by atoms with Crippen LogP contribution >= 0.6 is 0 Å². The molecule has 0 atom stereocenters. The number of benzene rings is 2. The SMILES string of the molecule is NCC#Cc1cc(F)cc(OCc2c(F)cccc2F)c1. The van der Waals surface area contributed by atoms with E-state index < -0.39 is 17.5 Å². The lowest BCUT2D eigenvalue weighted by molar-refractivity contribution is 0.291. The van der Waals surface area contributed by atoms with E-state index in [-0.39, 0.29) is 24.5 Å². The van der Waals surface area contributed by atoms with Crippen LogP contribution in [0.15, 0.2) is 36.4 Å². The topological polar surface area (TPSA) is 35.2 Å². The van der Waals surface area contributed by atoms with Gasteiger partial charge in [0.15, 0.2) is 0 Å². The average molecular weight is 291 g/mol. The predicted molar refractivity (Wildman–Crippen MR) is 73.0 cm³/mol. The van der Waals surface area contributed by atoms with Crippen molar-refractivity contribution in [2.45, 2.75) is 6.61 Å². The van der Waals surface area contributed by atoms with E-state index in [1.54, 1.807) is 0 Å². The minimum Gasteiger partial charge on any atom is -0.489 e. The van der Waals surface area contributed by atoms with Crippen LogP contribution in [0.2, 0.25) is 0 Å². The van der Waals surface area contributed by atoms with Gasteiger partial charge in [0.1, 0.15) is 29.8 Å². The highest BCUT2D eigenvalue weighted by atomic mass is 19.1. The molecular weight excluding hydrogens is 279 g/mol. The highest BCUT2D eigenvalue weighted by molar-refractivity contribution is 5.40. The van der Waals surface area contributed by atoms with Crippen molar-refractivity contribution in [3.63, 3.8) is 0 Å². The van der Waals surface area contributed by atoms with E-state index in [4.69, 9.17) is 10.5 Å². The molecule has 0 fully saturated rings. The van der Waals surface area contributed by atoms with Gasteiger partial charge < -0.3 is 10.5 Å². The summed E-state index contributed by atoms with van der Waals surface area (Å²) < 4.78 is 45.5. The zero-order valence-electron chi connectivity index (χ0n) is 11.0. The molecule has 0 aliphatic rings. The zero-order valence-corrected chi connectivity index (χ0v) is 11.0. The predicted octanol–water partition coefficient (Wildman–Crippen LogP) is 2.99. The van der Waals surface area contributed by atoms with E-state index in [1.807, 2.05) is 0 Å². The third-order valence-electron chi connectivity index (χ3n) is 2.65. The molecule has 2 aromatic carbocycles. The first-order valence-corrected chi connectivity index (χ1v) is 6.15. The van der Waals surface area contributed by atoms with Crippen molar-refractivity contribution >= 4 is 0 Å². The molecule has 2 nitrogen and oxygen atoms in total. The fourth-order valence-corrected chi connectivity index (χ4v) is 1.70. The minimum atomic E-state index is -0.713. The molecule has 0 bridgehead atoms. The first kappa shape index (κ1) is 14.9. The van der Waals surface area contributed by atoms with Gasteiger partial charge in [0.2, 0.25) is 0 Å². The second-order valence-corrected chi connectivity index (χ2v) is 4.17. The number of hydrogen-bond acceptors (Lipinski definition) is 2. The Morgan fingerprint density at radius 3 is 2.43 bits per heavy atom. The van der Waals surface area contributed by atoms with Gasteiger partial charge in [0, 0.05) is 11.6 Å². The summed E-state index contributed by atoms with van der Waals surface area (Å²) in [5.74, 6) is 3.41. The fourth-order valence-electron chi connectivity index (χ4n) is 1.70. The number of hydrogen-bond donors (Lipinski definition) is 1. The largest absolute Gasteiger partial charge is 0.489 e. The molecule has 5 heteroatoms. The number of nitrogens with two attached hydrogens (primary N) is 1. The molecule has 0 aromatic heterocycles. The molecule has 0 unspecified atom stereocenters. The van der Waals surface area contributed by atoms with Crippen LogP contribution in [0.5, 0.6) is 5.75 Å². The van der Waals surface area contributed by atoms with Crippen molar-refractivity contribution in [3.8, 4) is 17.6 Å². The molecule has 2 aromatic rings. The smallest absolute Gasteiger partial charge is 0.132 e. The summed E-state index contributed by atoms with van der Waals surface area (Å²) >= 11 is 0. The molecule has 0 amide bonds. The summed E-state index contributed by atoms with van der Waals surface area (Å²) in [6.45, 7) is -0.196. The molecule has 0 aliphatic carbocycles. The van der Waals surface area contributed by atoms with Crippen LogP contribution in [0.1, 0.15) is 11.1 Å². The second-order valence-electron chi connectivity index (χ2n) is 4.17. The molecule has 0 saturated carbocycles. The summed E-state index contributed by atoms with van der Waals surface area (Å²) in [6.07, 6.45) is 0. The van der Waals surface area contributed by atoms with Crippen molar-refractivity contribution < 1.29 is 17.9 Å². The van der Waals surface area contributed by atoms with Gasteiger partial charge in [-0.25, -0.2) is 13.2 Å². The van der Waals surface area contributed by atoms with Crippen molar-refractivity contribution in [2.24, 2.45) is 5.73 Å². The van der Waals surface area contributed by atoms with Crippen LogP contribution in [0.4, 0.5) is 13.2 Å². The normalized spacial score (nSPS) is 9.90. The zero-order chi connectivity index (χ0) is 15.2. The maximum absolute atomic E-state index is 13.4. The summed E-state index contributed by atoms with van der Waals surface area (Å²) in [7, 11) is 0. The van der Waals surface area contributed by atoms with Crippen molar-refractivity contribution in [2.75, 3.05) is 6.54 Å². The lowest BCUT2D eigenvalue weighted by Gasteiger charge is -2.08. The van der Waals surface area contributed by atoms with Crippen LogP contribution in [0.3, 0.4) is 0 Å². The first-order chi connectivity index (χ1) is 10.1. The van der Waals surface area contributed by atoms with Crippen LogP contribution in [0, 0.1) is 29.3 Å². The molecule has 2 N–H and O–H groups in total. The molecule has 2 rings (SSSR count). The lowest BCUT2D eigenvalue weighted by atomic mass is 10.2. The minimum absolute atomic E-state index is 0.138. The Balaban J connectivity index is 2.18. The summed E-state index contributed by atoms with van der Waals surface area (Å²) in [4.78, 5) is 0. The Bertz CT molecular complexity index is 684. The third kappa shape index (κ3) is 4.01. The molecule has 0 aliphatic heterocycles. The van der Waals surface area contributed by atoms with Crippen LogP contribution in [-0.2, 0) is 6.61 Å². The van der Waals surface area contributed by atoms with E-state index in [0.29, 0.717) is 5.56 Å². The maximum atomic E-state index is 13.4. The van der Waals surface area contributed by atoms with Crippen LogP contribution in [-0.4, -0.2) is 6.54 Å². The molecule has 0 saturated heterocycles. The van der Waals surface area contributed by atoms with E-state index in [9.17, 15) is 13.2 Å². The summed E-state index contributed by atoms with van der Waals surface area (Å²) in [5.41, 5.74) is 5.41. The van der Waals surface area contributed by atoms with E-state index in [2.05, 4.69) is 11.8 Å². The first-order valence-electron chi connectivity index (χ1n) is 6.15. The van der Waals surface area contributed by atoms with Gasteiger partial charge in [-0.3, -0.25) is 0 Å². The van der Waals surface area contributed by atoms with E-state index in [0.717, 1.165) is 18.2 Å². The van der Waals surface area contributed by atoms with Crippen molar-refractivity contribution in [1.29, 1.82) is 0 Å². The Kier molecular flexibility index (Phi) is 4.85. The monoisotopic (exact) mass is 291 g/mol. The Morgan fingerprint density at radius 1 is 1.05 bits per heavy atom. The summed E-state index contributed by atoms with van der Waals surface area (Å²) in [5, 5.41) is 0. The molecule has 0 radical (unpaired) electrons. The van der Waals surface area contributed by atoms with Gasteiger partial charge >= 0.3 is 0 Å². The summed E-state index contributed by atoms with van der Waals surface area (Å²) in [6, 6.07) is 7.34. The highest BCUT2D eigenvalue weighted by Gasteiger charge is 2.09. The molecule has 21 heavy (non-hydrogen) atoms. The Labute approximate surface area is 120 Å². The molecular formula is C16H12F3NO. The van der Waals surface area contributed by atoms with Crippen LogP contribution in [0.25, 0.3) is 0 Å². The standard InChI is InChI=1S/C16H12F3NO/c17-12-7-11(3-2-6-20)8-13(9-12)21-10-14-15(18)4-1-5-16(14)19/h1,4-5,7-9H,6,10,20H2. The average Bonchev–Trinajstić information content (AvgIpc) is 2.44. The van der Waals surface area contributed by atoms with Crippen molar-refractivity contribution in [3.05, 3.63) is 65.0 Å².